The molecule has 4 heteroatoms. The van der Waals surface area contributed by atoms with E-state index in [9.17, 15) is 5.26 Å². The van der Waals surface area contributed by atoms with Crippen LogP contribution < -0.4 is 5.32 Å². The molecular weight excluding hydrogens is 302 g/mol. The zero-order valence-corrected chi connectivity index (χ0v) is 14.2. The first kappa shape index (κ1) is 14.9. The van der Waals surface area contributed by atoms with E-state index < -0.39 is 0 Å². The van der Waals surface area contributed by atoms with Gasteiger partial charge in [0.1, 0.15) is 5.50 Å². The van der Waals surface area contributed by atoms with E-state index in [1.54, 1.807) is 0 Å². The molecule has 1 saturated carbocycles. The smallest absolute Gasteiger partial charge is 0.128 e. The minimum absolute atomic E-state index is 0.310. The maximum atomic E-state index is 9.31. The van der Waals surface area contributed by atoms with Crippen molar-refractivity contribution in [3.05, 3.63) is 42.0 Å². The number of nitriles is 1. The third kappa shape index (κ3) is 2.39. The Morgan fingerprint density at radius 2 is 1.91 bits per heavy atom. The van der Waals surface area contributed by atoms with E-state index in [1.807, 2.05) is 36.0 Å². The summed E-state index contributed by atoms with van der Waals surface area (Å²) in [4.78, 5) is 2.54. The summed E-state index contributed by atoms with van der Waals surface area (Å²) < 4.78 is 0. The molecule has 0 bridgehead atoms. The molecule has 0 radical (unpaired) electrons. The molecule has 0 aromatic heterocycles. The van der Waals surface area contributed by atoms with E-state index in [1.165, 1.54) is 31.4 Å². The van der Waals surface area contributed by atoms with Crippen LogP contribution >= 0.6 is 11.8 Å². The molecule has 3 nitrogen and oxygen atoms in total. The molecule has 2 fully saturated rings. The number of thioether (sulfide) groups is 1. The number of hydrogen-bond donors (Lipinski definition) is 1. The summed E-state index contributed by atoms with van der Waals surface area (Å²) in [6.07, 6.45) is 5.36. The van der Waals surface area contributed by atoms with Gasteiger partial charge >= 0.3 is 0 Å². The molecule has 1 atom stereocenters. The maximum Gasteiger partial charge on any atom is 0.128 e. The Morgan fingerprint density at radius 1 is 1.17 bits per heavy atom. The number of nitrogens with one attached hydrogen (secondary N) is 1. The zero-order chi connectivity index (χ0) is 15.9. The first-order chi connectivity index (χ1) is 11.2. The molecule has 4 rings (SSSR count). The van der Waals surface area contributed by atoms with Gasteiger partial charge in [-0.1, -0.05) is 37.1 Å². The molecule has 2 aromatic rings. The van der Waals surface area contributed by atoms with Crippen molar-refractivity contribution in [3.63, 3.8) is 0 Å². The third-order valence-corrected chi connectivity index (χ3v) is 6.92. The standard InChI is InChI=1S/C19H21N3S/c1-22-18(23-13-19(22)10-4-5-11-19)21-17-9-8-14(12-20)15-6-2-3-7-16(15)17/h2-3,6-9,18,21H,4-5,10-11,13H2,1H3. The lowest BCUT2D eigenvalue weighted by Crippen LogP contribution is -2.46. The van der Waals surface area contributed by atoms with E-state index in [0.29, 0.717) is 11.0 Å². The second-order valence-corrected chi connectivity index (χ2v) is 7.74. The molecule has 1 saturated heterocycles. The Labute approximate surface area is 141 Å². The van der Waals surface area contributed by atoms with Crippen LogP contribution in [0.25, 0.3) is 10.8 Å². The second kappa shape index (κ2) is 5.74. The van der Waals surface area contributed by atoms with Crippen LogP contribution in [0.5, 0.6) is 0 Å². The van der Waals surface area contributed by atoms with Gasteiger partial charge in [0.2, 0.25) is 0 Å². The quantitative estimate of drug-likeness (QED) is 0.889. The monoisotopic (exact) mass is 323 g/mol. The van der Waals surface area contributed by atoms with Gasteiger partial charge in [-0.3, -0.25) is 4.90 Å². The van der Waals surface area contributed by atoms with Crippen LogP contribution in [0.3, 0.4) is 0 Å². The highest BCUT2D eigenvalue weighted by Crippen LogP contribution is 2.46. The van der Waals surface area contributed by atoms with Crippen molar-refractivity contribution in [3.8, 4) is 6.07 Å². The number of rotatable bonds is 2. The Kier molecular flexibility index (Phi) is 3.71. The Balaban J connectivity index is 1.65. The Bertz CT molecular complexity index is 774. The molecule has 1 N–H and O–H groups in total. The van der Waals surface area contributed by atoms with Crippen molar-refractivity contribution < 1.29 is 0 Å². The van der Waals surface area contributed by atoms with Gasteiger partial charge in [0.25, 0.3) is 0 Å². The number of hydrogen-bond acceptors (Lipinski definition) is 4. The summed E-state index contributed by atoms with van der Waals surface area (Å²) >= 11 is 2.01. The van der Waals surface area contributed by atoms with Crippen LogP contribution in [0.2, 0.25) is 0 Å². The van der Waals surface area contributed by atoms with Gasteiger partial charge < -0.3 is 5.32 Å². The highest BCUT2D eigenvalue weighted by Gasteiger charge is 2.46. The first-order valence-electron chi connectivity index (χ1n) is 8.26. The zero-order valence-electron chi connectivity index (χ0n) is 13.4. The molecule has 1 aliphatic carbocycles. The molecule has 1 unspecified atom stereocenters. The van der Waals surface area contributed by atoms with Crippen molar-refractivity contribution in [1.82, 2.24) is 4.90 Å². The molecule has 2 aromatic carbocycles. The summed E-state index contributed by atoms with van der Waals surface area (Å²) in [6.45, 7) is 0. The second-order valence-electron chi connectivity index (χ2n) is 6.67. The van der Waals surface area contributed by atoms with Gasteiger partial charge in [0.05, 0.1) is 11.6 Å². The number of nitrogens with zero attached hydrogens (tertiary/aromatic N) is 2. The fourth-order valence-corrected chi connectivity index (χ4v) is 5.64. The lowest BCUT2D eigenvalue weighted by Gasteiger charge is -2.34. The van der Waals surface area contributed by atoms with E-state index >= 15 is 0 Å². The average molecular weight is 323 g/mol. The summed E-state index contributed by atoms with van der Waals surface area (Å²) in [5, 5.41) is 15.2. The maximum absolute atomic E-state index is 9.31. The fraction of sp³-hybridized carbons (Fsp3) is 0.421. The summed E-state index contributed by atoms with van der Waals surface area (Å²) in [5.41, 5.74) is 2.57. The number of anilines is 1. The molecule has 1 aliphatic heterocycles. The predicted molar refractivity (Wildman–Crippen MR) is 97.5 cm³/mol. The van der Waals surface area contributed by atoms with Crippen molar-refractivity contribution >= 4 is 28.2 Å². The van der Waals surface area contributed by atoms with E-state index in [2.05, 4.69) is 35.5 Å². The van der Waals surface area contributed by atoms with E-state index in [-0.39, 0.29) is 0 Å². The third-order valence-electron chi connectivity index (χ3n) is 5.47. The lowest BCUT2D eigenvalue weighted by atomic mass is 9.99. The number of benzene rings is 2. The van der Waals surface area contributed by atoms with Gasteiger partial charge in [-0.25, -0.2) is 0 Å². The highest BCUT2D eigenvalue weighted by atomic mass is 32.2. The van der Waals surface area contributed by atoms with E-state index in [4.69, 9.17) is 0 Å². The van der Waals surface area contributed by atoms with Crippen molar-refractivity contribution in [1.29, 1.82) is 5.26 Å². The molecular formula is C19H21N3S. The highest BCUT2D eigenvalue weighted by molar-refractivity contribution is 8.00. The molecule has 1 spiro atoms. The van der Waals surface area contributed by atoms with E-state index in [0.717, 1.165) is 22.0 Å². The van der Waals surface area contributed by atoms with Crippen molar-refractivity contribution in [2.75, 3.05) is 18.1 Å². The van der Waals surface area contributed by atoms with Crippen LogP contribution in [0, 0.1) is 11.3 Å². The topological polar surface area (TPSA) is 39.1 Å². The number of fused-ring (bicyclic) bond motifs is 1. The van der Waals surface area contributed by atoms with Gasteiger partial charge in [-0.15, -0.1) is 11.8 Å². The van der Waals surface area contributed by atoms with Crippen molar-refractivity contribution in [2.45, 2.75) is 36.7 Å². The predicted octanol–water partition coefficient (Wildman–Crippen LogP) is 4.40. The fourth-order valence-electron chi connectivity index (χ4n) is 4.02. The van der Waals surface area contributed by atoms with Gasteiger partial charge in [0.15, 0.2) is 0 Å². The summed E-state index contributed by atoms with van der Waals surface area (Å²) in [6, 6.07) is 14.4. The van der Waals surface area contributed by atoms with Crippen LogP contribution in [-0.2, 0) is 0 Å². The largest absolute Gasteiger partial charge is 0.361 e. The Hall–Kier alpha value is -1.70. The normalized spacial score (nSPS) is 23.4. The van der Waals surface area contributed by atoms with Crippen LogP contribution in [-0.4, -0.2) is 28.7 Å². The minimum atomic E-state index is 0.310. The lowest BCUT2D eigenvalue weighted by molar-refractivity contribution is 0.162. The van der Waals surface area contributed by atoms with Gasteiger partial charge in [0, 0.05) is 27.8 Å². The first-order valence-corrected chi connectivity index (χ1v) is 9.31. The van der Waals surface area contributed by atoms with Gasteiger partial charge in [-0.2, -0.15) is 5.26 Å². The summed E-state index contributed by atoms with van der Waals surface area (Å²) in [7, 11) is 2.26. The van der Waals surface area contributed by atoms with Crippen LogP contribution in [0.1, 0.15) is 31.2 Å². The van der Waals surface area contributed by atoms with Crippen LogP contribution in [0.4, 0.5) is 5.69 Å². The van der Waals surface area contributed by atoms with Gasteiger partial charge in [-0.05, 0) is 32.0 Å². The molecule has 118 valence electrons. The summed E-state index contributed by atoms with van der Waals surface area (Å²) in [5.74, 6) is 1.22. The molecule has 2 aliphatic rings. The molecule has 0 amide bonds. The minimum Gasteiger partial charge on any atom is -0.361 e. The van der Waals surface area contributed by atoms with Crippen molar-refractivity contribution in [2.24, 2.45) is 0 Å². The SMILES string of the molecule is CN1C(Nc2ccc(C#N)c3ccccc23)SCC12CCCC2. The van der Waals surface area contributed by atoms with Crippen LogP contribution in [0.15, 0.2) is 36.4 Å². The average Bonchev–Trinajstić information content (AvgIpc) is 3.18. The molecule has 1 heterocycles. The molecule has 23 heavy (non-hydrogen) atoms. The Morgan fingerprint density at radius 3 is 2.65 bits per heavy atom.